The van der Waals surface area contributed by atoms with Crippen LogP contribution in [0.15, 0.2) is 29.3 Å². The summed E-state index contributed by atoms with van der Waals surface area (Å²) in [5.41, 5.74) is 2.29. The molecule has 1 aliphatic rings. The number of para-hydroxylation sites is 1. The summed E-state index contributed by atoms with van der Waals surface area (Å²) in [5.74, 6) is 2.52. The highest BCUT2D eigenvalue weighted by atomic mass is 127. The molecule has 0 atom stereocenters. The molecule has 2 aromatic rings. The predicted octanol–water partition coefficient (Wildman–Crippen LogP) is 4.07. The van der Waals surface area contributed by atoms with Gasteiger partial charge in [0.15, 0.2) is 5.96 Å². The largest absolute Gasteiger partial charge is 0.493 e. The molecule has 1 fully saturated rings. The molecule has 3 rings (SSSR count). The fraction of sp³-hybridized carbons (Fsp3) is 0.500. The molecule has 0 amide bonds. The van der Waals surface area contributed by atoms with Gasteiger partial charge in [-0.3, -0.25) is 4.99 Å². The number of ether oxygens (including phenoxy) is 1. The Hall–Kier alpha value is -1.35. The van der Waals surface area contributed by atoms with Crippen molar-refractivity contribution in [2.75, 3.05) is 20.2 Å². The Kier molecular flexibility index (Phi) is 8.82. The van der Waals surface area contributed by atoms with Crippen molar-refractivity contribution in [2.24, 2.45) is 10.9 Å². The van der Waals surface area contributed by atoms with E-state index in [0.29, 0.717) is 6.54 Å². The monoisotopic (exact) mass is 500 g/mol. The summed E-state index contributed by atoms with van der Waals surface area (Å²) in [4.78, 5) is 10.2. The average molecular weight is 500 g/mol. The lowest BCUT2D eigenvalue weighted by Gasteiger charge is -2.14. The lowest BCUT2D eigenvalue weighted by molar-refractivity contribution is 0.296. The zero-order chi connectivity index (χ0) is 18.4. The number of rotatable bonds is 8. The molecule has 0 unspecified atom stereocenters. The van der Waals surface area contributed by atoms with Crippen LogP contribution in [-0.4, -0.2) is 31.1 Å². The predicted molar refractivity (Wildman–Crippen MR) is 124 cm³/mol. The van der Waals surface area contributed by atoms with Crippen LogP contribution in [0.25, 0.3) is 0 Å². The molecule has 2 N–H and O–H groups in total. The summed E-state index contributed by atoms with van der Waals surface area (Å²) in [6, 6.07) is 8.22. The standard InChI is InChI=1S/C20H28N4OS.HI/c1-14-15(2)26-19(24-14)10-11-22-20(21-3)23-12-17-6-4-5-7-18(17)25-13-16-8-9-16;/h4-7,16H,8-13H2,1-3H3,(H2,21,22,23);1H. The first-order valence-corrected chi connectivity index (χ1v) is 10.1. The van der Waals surface area contributed by atoms with Gasteiger partial charge in [0.25, 0.3) is 0 Å². The van der Waals surface area contributed by atoms with Crippen molar-refractivity contribution in [1.82, 2.24) is 15.6 Å². The van der Waals surface area contributed by atoms with Gasteiger partial charge in [-0.25, -0.2) is 4.98 Å². The van der Waals surface area contributed by atoms with Gasteiger partial charge in [0.2, 0.25) is 0 Å². The van der Waals surface area contributed by atoms with Crippen molar-refractivity contribution in [1.29, 1.82) is 0 Å². The van der Waals surface area contributed by atoms with Crippen LogP contribution in [-0.2, 0) is 13.0 Å². The molecule has 148 valence electrons. The van der Waals surface area contributed by atoms with E-state index in [1.54, 1.807) is 18.4 Å². The third-order valence-electron chi connectivity index (χ3n) is 4.52. The van der Waals surface area contributed by atoms with Crippen LogP contribution in [0.1, 0.15) is 34.0 Å². The van der Waals surface area contributed by atoms with Gasteiger partial charge in [0.1, 0.15) is 5.75 Å². The number of aromatic nitrogens is 1. The number of nitrogens with zero attached hydrogens (tertiary/aromatic N) is 2. The Balaban J connectivity index is 0.00000261. The maximum absolute atomic E-state index is 5.97. The number of aryl methyl sites for hydroxylation is 2. The maximum Gasteiger partial charge on any atom is 0.191 e. The number of nitrogens with one attached hydrogen (secondary N) is 2. The lowest BCUT2D eigenvalue weighted by atomic mass is 10.2. The average Bonchev–Trinajstić information content (AvgIpc) is 3.42. The number of halogens is 1. The van der Waals surface area contributed by atoms with Gasteiger partial charge < -0.3 is 15.4 Å². The van der Waals surface area contributed by atoms with Crippen LogP contribution < -0.4 is 15.4 Å². The second-order valence-corrected chi connectivity index (χ2v) is 8.00. The molecule has 7 heteroatoms. The molecule has 0 spiro atoms. The van der Waals surface area contributed by atoms with Crippen LogP contribution in [0.4, 0.5) is 0 Å². The molecule has 1 aromatic heterocycles. The van der Waals surface area contributed by atoms with Gasteiger partial charge in [-0.15, -0.1) is 35.3 Å². The van der Waals surface area contributed by atoms with Gasteiger partial charge in [0, 0.05) is 37.0 Å². The van der Waals surface area contributed by atoms with Crippen molar-refractivity contribution in [3.63, 3.8) is 0 Å². The van der Waals surface area contributed by atoms with E-state index in [0.717, 1.165) is 48.5 Å². The van der Waals surface area contributed by atoms with Gasteiger partial charge in [0.05, 0.1) is 17.3 Å². The summed E-state index contributed by atoms with van der Waals surface area (Å²) in [6.07, 6.45) is 3.51. The molecule has 1 aromatic carbocycles. The highest BCUT2D eigenvalue weighted by Gasteiger charge is 2.22. The molecule has 1 aliphatic carbocycles. The minimum atomic E-state index is 0. The molecular formula is C20H29IN4OS. The number of aliphatic imine (C=N–C) groups is 1. The summed E-state index contributed by atoms with van der Waals surface area (Å²) in [6.45, 7) is 6.51. The normalized spacial score (nSPS) is 13.8. The van der Waals surface area contributed by atoms with Crippen molar-refractivity contribution in [2.45, 2.75) is 39.7 Å². The topological polar surface area (TPSA) is 58.5 Å². The van der Waals surface area contributed by atoms with Crippen molar-refractivity contribution in [3.05, 3.63) is 45.4 Å². The maximum atomic E-state index is 5.97. The first-order chi connectivity index (χ1) is 12.7. The van der Waals surface area contributed by atoms with Gasteiger partial charge in [-0.2, -0.15) is 0 Å². The number of guanidine groups is 1. The lowest BCUT2D eigenvalue weighted by Crippen LogP contribution is -2.37. The Bertz CT molecular complexity index is 739. The Morgan fingerprint density at radius 3 is 2.70 bits per heavy atom. The van der Waals surface area contributed by atoms with Crippen molar-refractivity contribution < 1.29 is 4.74 Å². The number of hydrogen-bond acceptors (Lipinski definition) is 4. The zero-order valence-electron chi connectivity index (χ0n) is 16.2. The van der Waals surface area contributed by atoms with Crippen LogP contribution >= 0.6 is 35.3 Å². The molecule has 27 heavy (non-hydrogen) atoms. The highest BCUT2D eigenvalue weighted by molar-refractivity contribution is 14.0. The molecule has 0 saturated heterocycles. The van der Waals surface area contributed by atoms with E-state index in [1.165, 1.54) is 22.7 Å². The van der Waals surface area contributed by atoms with E-state index in [2.05, 4.69) is 40.5 Å². The number of thiazole rings is 1. The fourth-order valence-electron chi connectivity index (χ4n) is 2.62. The van der Waals surface area contributed by atoms with E-state index in [4.69, 9.17) is 4.74 Å². The summed E-state index contributed by atoms with van der Waals surface area (Å²) >= 11 is 1.77. The molecule has 1 heterocycles. The van der Waals surface area contributed by atoms with Gasteiger partial charge in [-0.05, 0) is 38.7 Å². The highest BCUT2D eigenvalue weighted by Crippen LogP contribution is 2.30. The molecule has 0 aliphatic heterocycles. The minimum absolute atomic E-state index is 0. The fourth-order valence-corrected chi connectivity index (χ4v) is 3.55. The molecule has 0 radical (unpaired) electrons. The van der Waals surface area contributed by atoms with Crippen LogP contribution in [0.5, 0.6) is 5.75 Å². The molecule has 5 nitrogen and oxygen atoms in total. The van der Waals surface area contributed by atoms with Crippen LogP contribution in [0.2, 0.25) is 0 Å². The minimum Gasteiger partial charge on any atom is -0.493 e. The van der Waals surface area contributed by atoms with Crippen molar-refractivity contribution in [3.8, 4) is 5.75 Å². The zero-order valence-corrected chi connectivity index (χ0v) is 19.4. The first-order valence-electron chi connectivity index (χ1n) is 9.24. The Labute approximate surface area is 183 Å². The van der Waals surface area contributed by atoms with E-state index >= 15 is 0 Å². The summed E-state index contributed by atoms with van der Waals surface area (Å²) < 4.78 is 5.97. The van der Waals surface area contributed by atoms with E-state index < -0.39 is 0 Å². The number of benzene rings is 1. The second kappa shape index (κ2) is 10.8. The summed E-state index contributed by atoms with van der Waals surface area (Å²) in [5, 5.41) is 7.90. The van der Waals surface area contributed by atoms with Crippen LogP contribution in [0, 0.1) is 19.8 Å². The molecule has 1 saturated carbocycles. The first kappa shape index (κ1) is 21.9. The van der Waals surface area contributed by atoms with E-state index in [1.807, 2.05) is 18.2 Å². The third-order valence-corrected chi connectivity index (χ3v) is 5.65. The Morgan fingerprint density at radius 1 is 1.26 bits per heavy atom. The SMILES string of the molecule is CN=C(NCCc1nc(C)c(C)s1)NCc1ccccc1OCC1CC1.I. The van der Waals surface area contributed by atoms with E-state index in [-0.39, 0.29) is 24.0 Å². The van der Waals surface area contributed by atoms with Gasteiger partial charge in [-0.1, -0.05) is 18.2 Å². The Morgan fingerprint density at radius 2 is 2.04 bits per heavy atom. The van der Waals surface area contributed by atoms with Crippen molar-refractivity contribution >= 4 is 41.3 Å². The van der Waals surface area contributed by atoms with Gasteiger partial charge >= 0.3 is 0 Å². The van der Waals surface area contributed by atoms with E-state index in [9.17, 15) is 0 Å². The van der Waals surface area contributed by atoms with Crippen LogP contribution in [0.3, 0.4) is 0 Å². The third kappa shape index (κ3) is 6.95. The quantitative estimate of drug-likeness (QED) is 0.326. The summed E-state index contributed by atoms with van der Waals surface area (Å²) in [7, 11) is 1.79. The number of hydrogen-bond donors (Lipinski definition) is 2. The molecular weight excluding hydrogens is 471 g/mol. The molecule has 0 bridgehead atoms. The second-order valence-electron chi connectivity index (χ2n) is 6.71. The smallest absolute Gasteiger partial charge is 0.191 e.